The average Bonchev–Trinajstić information content (AvgIpc) is 3.47. The van der Waals surface area contributed by atoms with E-state index in [1.165, 1.54) is 6.07 Å². The van der Waals surface area contributed by atoms with E-state index in [0.717, 1.165) is 53.6 Å². The lowest BCUT2D eigenvalue weighted by Crippen LogP contribution is -2.29. The van der Waals surface area contributed by atoms with Crippen molar-refractivity contribution >= 4 is 16.6 Å². The molecule has 1 unspecified atom stereocenters. The lowest BCUT2D eigenvalue weighted by Gasteiger charge is -2.24. The van der Waals surface area contributed by atoms with Crippen LogP contribution in [0.15, 0.2) is 54.7 Å². The molecular formula is C26H26F4N6. The summed E-state index contributed by atoms with van der Waals surface area (Å²) in [6, 6.07) is 12.8. The normalized spacial score (nSPS) is 16.4. The topological polar surface area (TPSA) is 50.1 Å². The third-order valence-electron chi connectivity index (χ3n) is 6.70. The van der Waals surface area contributed by atoms with Gasteiger partial charge in [-0.2, -0.15) is 18.3 Å². The lowest BCUT2D eigenvalue weighted by atomic mass is 10.0. The molecule has 1 saturated heterocycles. The molecule has 10 heteroatoms. The summed E-state index contributed by atoms with van der Waals surface area (Å²) >= 11 is 0. The van der Waals surface area contributed by atoms with E-state index in [1.807, 2.05) is 42.3 Å². The summed E-state index contributed by atoms with van der Waals surface area (Å²) in [7, 11) is 3.66. The number of halogens is 4. The summed E-state index contributed by atoms with van der Waals surface area (Å²) in [5.41, 5.74) is 0.802. The van der Waals surface area contributed by atoms with E-state index in [2.05, 4.69) is 20.2 Å². The molecule has 0 spiro atoms. The summed E-state index contributed by atoms with van der Waals surface area (Å²) in [6.07, 6.45) is -1.98. The highest BCUT2D eigenvalue weighted by Gasteiger charge is 2.34. The molecule has 0 bridgehead atoms. The first kappa shape index (κ1) is 24.2. The predicted octanol–water partition coefficient (Wildman–Crippen LogP) is 5.15. The number of nitrogens with zero attached hydrogens (tertiary/aromatic N) is 6. The summed E-state index contributed by atoms with van der Waals surface area (Å²) in [4.78, 5) is 4.06. The number of aromatic nitrogens is 4. The predicted molar refractivity (Wildman–Crippen MR) is 130 cm³/mol. The van der Waals surface area contributed by atoms with Gasteiger partial charge in [-0.1, -0.05) is 30.3 Å². The molecule has 5 rings (SSSR count). The zero-order valence-corrected chi connectivity index (χ0v) is 20.0. The Labute approximate surface area is 206 Å². The molecule has 0 radical (unpaired) electrons. The molecule has 0 saturated carbocycles. The van der Waals surface area contributed by atoms with Gasteiger partial charge in [0, 0.05) is 50.2 Å². The molecule has 0 N–H and O–H groups in total. The summed E-state index contributed by atoms with van der Waals surface area (Å²) in [5.74, 6) is 0.171. The van der Waals surface area contributed by atoms with Crippen molar-refractivity contribution < 1.29 is 17.6 Å². The molecule has 4 aromatic rings. The van der Waals surface area contributed by atoms with E-state index < -0.39 is 17.6 Å². The smallest absolute Gasteiger partial charge is 0.354 e. The number of hydrogen-bond acceptors (Lipinski definition) is 5. The first-order chi connectivity index (χ1) is 17.2. The third kappa shape index (κ3) is 4.77. The van der Waals surface area contributed by atoms with Gasteiger partial charge in [-0.3, -0.25) is 4.68 Å². The van der Waals surface area contributed by atoms with Crippen LogP contribution in [-0.2, 0) is 19.8 Å². The van der Waals surface area contributed by atoms with Crippen molar-refractivity contribution in [3.8, 4) is 11.4 Å². The van der Waals surface area contributed by atoms with Crippen molar-refractivity contribution in [1.82, 2.24) is 24.9 Å². The number of anilines is 1. The number of alkyl halides is 3. The summed E-state index contributed by atoms with van der Waals surface area (Å²) < 4.78 is 55.4. The number of fused-ring (bicyclic) bond motifs is 1. The van der Waals surface area contributed by atoms with Crippen molar-refractivity contribution in [3.05, 3.63) is 71.7 Å². The van der Waals surface area contributed by atoms with Crippen LogP contribution in [0.1, 0.15) is 17.5 Å². The van der Waals surface area contributed by atoms with Crippen LogP contribution in [-0.4, -0.2) is 51.6 Å². The van der Waals surface area contributed by atoms with Crippen molar-refractivity contribution in [2.45, 2.75) is 19.1 Å². The van der Waals surface area contributed by atoms with Gasteiger partial charge in [-0.15, -0.1) is 10.2 Å². The van der Waals surface area contributed by atoms with Crippen LogP contribution < -0.4 is 4.90 Å². The van der Waals surface area contributed by atoms with Crippen LogP contribution in [0, 0.1) is 11.7 Å². The van der Waals surface area contributed by atoms with Gasteiger partial charge >= 0.3 is 6.18 Å². The molecular weight excluding hydrogens is 472 g/mol. The highest BCUT2D eigenvalue weighted by Crippen LogP contribution is 2.35. The highest BCUT2D eigenvalue weighted by atomic mass is 19.4. The largest absolute Gasteiger partial charge is 0.416 e. The van der Waals surface area contributed by atoms with E-state index in [9.17, 15) is 17.6 Å². The van der Waals surface area contributed by atoms with Crippen LogP contribution in [0.25, 0.3) is 22.2 Å². The Hall–Kier alpha value is -3.53. The fourth-order valence-corrected chi connectivity index (χ4v) is 5.04. The van der Waals surface area contributed by atoms with Crippen LogP contribution in [0.5, 0.6) is 0 Å². The number of benzene rings is 2. The Morgan fingerprint density at radius 3 is 2.56 bits per heavy atom. The van der Waals surface area contributed by atoms with E-state index >= 15 is 0 Å². The first-order valence-electron chi connectivity index (χ1n) is 11.7. The molecule has 2 aromatic heterocycles. The number of hydrogen-bond donors (Lipinski definition) is 0. The molecule has 0 aliphatic carbocycles. The zero-order chi connectivity index (χ0) is 25.4. The van der Waals surface area contributed by atoms with Gasteiger partial charge in [-0.25, -0.2) is 4.39 Å². The zero-order valence-electron chi connectivity index (χ0n) is 20.0. The van der Waals surface area contributed by atoms with E-state index in [0.29, 0.717) is 12.6 Å². The second-order valence-corrected chi connectivity index (χ2v) is 9.35. The van der Waals surface area contributed by atoms with Gasteiger partial charge in [0.25, 0.3) is 0 Å². The molecule has 0 amide bonds. The van der Waals surface area contributed by atoms with Crippen molar-refractivity contribution in [2.24, 2.45) is 13.0 Å². The quantitative estimate of drug-likeness (QED) is 0.345. The Balaban J connectivity index is 1.32. The molecule has 36 heavy (non-hydrogen) atoms. The fourth-order valence-electron chi connectivity index (χ4n) is 5.04. The second kappa shape index (κ2) is 9.50. The standard InChI is InChI=1S/C26H26F4N6/c1-34(16-18-7-8-19(27)13-22(18)26(28,29)30)14-17-10-12-36(15-17)25-21-6-4-3-5-20(21)24(32-33-25)23-9-11-31-35(23)2/h3-9,11,13,17H,10,12,14-16H2,1-2H3. The van der Waals surface area contributed by atoms with E-state index in [1.54, 1.807) is 17.9 Å². The van der Waals surface area contributed by atoms with Crippen LogP contribution >= 0.6 is 0 Å². The summed E-state index contributed by atoms with van der Waals surface area (Å²) in [6.45, 7) is 2.22. The SMILES string of the molecule is CN(Cc1ccc(F)cc1C(F)(F)F)CC1CCN(c2nnc(-c3ccnn3C)c3ccccc23)C1. The van der Waals surface area contributed by atoms with Crippen LogP contribution in [0.4, 0.5) is 23.4 Å². The molecule has 1 aliphatic rings. The Morgan fingerprint density at radius 1 is 1.06 bits per heavy atom. The monoisotopic (exact) mass is 498 g/mol. The van der Waals surface area contributed by atoms with Gasteiger partial charge in [0.2, 0.25) is 0 Å². The maximum atomic E-state index is 13.4. The minimum atomic E-state index is -4.59. The average molecular weight is 499 g/mol. The van der Waals surface area contributed by atoms with Crippen molar-refractivity contribution in [1.29, 1.82) is 0 Å². The minimum absolute atomic E-state index is 0.0730. The molecule has 2 aromatic carbocycles. The lowest BCUT2D eigenvalue weighted by molar-refractivity contribution is -0.138. The number of rotatable bonds is 6. The van der Waals surface area contributed by atoms with E-state index in [-0.39, 0.29) is 18.0 Å². The molecule has 6 nitrogen and oxygen atoms in total. The Kier molecular flexibility index (Phi) is 6.38. The fraction of sp³-hybridized carbons (Fsp3) is 0.346. The Morgan fingerprint density at radius 2 is 1.83 bits per heavy atom. The molecule has 188 valence electrons. The van der Waals surface area contributed by atoms with Gasteiger partial charge in [0.1, 0.15) is 11.5 Å². The van der Waals surface area contributed by atoms with Crippen molar-refractivity contribution in [2.75, 3.05) is 31.6 Å². The molecule has 1 aliphatic heterocycles. The second-order valence-electron chi connectivity index (χ2n) is 9.35. The number of aryl methyl sites for hydroxylation is 1. The third-order valence-corrected chi connectivity index (χ3v) is 6.70. The van der Waals surface area contributed by atoms with Crippen LogP contribution in [0.2, 0.25) is 0 Å². The first-order valence-corrected chi connectivity index (χ1v) is 11.7. The van der Waals surface area contributed by atoms with Crippen molar-refractivity contribution in [3.63, 3.8) is 0 Å². The van der Waals surface area contributed by atoms with E-state index in [4.69, 9.17) is 0 Å². The maximum absolute atomic E-state index is 13.4. The Bertz CT molecular complexity index is 1380. The molecule has 3 heterocycles. The highest BCUT2D eigenvalue weighted by molar-refractivity contribution is 5.99. The van der Waals surface area contributed by atoms with Gasteiger partial charge in [0.05, 0.1) is 11.3 Å². The van der Waals surface area contributed by atoms with Gasteiger partial charge in [-0.05, 0) is 43.1 Å². The van der Waals surface area contributed by atoms with Gasteiger partial charge in [0.15, 0.2) is 5.82 Å². The summed E-state index contributed by atoms with van der Waals surface area (Å²) in [5, 5.41) is 15.3. The maximum Gasteiger partial charge on any atom is 0.416 e. The minimum Gasteiger partial charge on any atom is -0.354 e. The molecule has 1 atom stereocenters. The van der Waals surface area contributed by atoms with Crippen LogP contribution in [0.3, 0.4) is 0 Å². The van der Waals surface area contributed by atoms with Gasteiger partial charge < -0.3 is 9.80 Å². The molecule has 1 fully saturated rings.